The highest BCUT2D eigenvalue weighted by atomic mass is 35.5. The van der Waals surface area contributed by atoms with Gasteiger partial charge in [0.15, 0.2) is 0 Å². The van der Waals surface area contributed by atoms with Crippen LogP contribution in [0.3, 0.4) is 0 Å². The molecular formula is C45H93ClN4O. The fourth-order valence-corrected chi connectivity index (χ4v) is 7.34. The van der Waals surface area contributed by atoms with E-state index >= 15 is 0 Å². The first kappa shape index (κ1) is 52.5. The van der Waals surface area contributed by atoms with Gasteiger partial charge in [-0.05, 0) is 70.8 Å². The molecule has 0 fully saturated rings. The first-order valence-electron chi connectivity index (χ1n) is 22.7. The fraction of sp³-hybridized carbons (Fsp3) is 0.933. The van der Waals surface area contributed by atoms with Crippen molar-refractivity contribution in [2.24, 2.45) is 11.5 Å². The van der Waals surface area contributed by atoms with Gasteiger partial charge < -0.3 is 33.7 Å². The van der Waals surface area contributed by atoms with E-state index in [-0.39, 0.29) is 18.3 Å². The zero-order valence-corrected chi connectivity index (χ0v) is 35.7. The summed E-state index contributed by atoms with van der Waals surface area (Å²) in [5.74, 6) is 0.00762. The SMILES string of the molecule is CCCCCCCC/C=C/CCCCCCCC[N+](C)(CCCCCCCCCCCCCCCCCC)CCNC(=O)[C@@H](N)CCCCN.[Cl-]. The summed E-state index contributed by atoms with van der Waals surface area (Å²) in [7, 11) is 2.43. The molecule has 0 aromatic rings. The number of halogens is 1. The standard InChI is InChI=1S/C45H92N4O.ClH/c1-4-6-8-10-12-14-16-18-20-22-24-26-28-30-32-36-41-49(3,43-40-48-45(50)44(47)38-34-35-39-46)42-37-33-31-29-27-25-23-21-19-17-15-13-11-9-7-5-2;/h18,20,44H,4-17,19,21-43,46-47H2,1-3H3;1H/b20-18+;/t44-,49?;/m0./s1. The van der Waals surface area contributed by atoms with Crippen molar-refractivity contribution in [3.63, 3.8) is 0 Å². The van der Waals surface area contributed by atoms with Crippen molar-refractivity contribution in [1.29, 1.82) is 0 Å². The topological polar surface area (TPSA) is 81.1 Å². The number of nitrogens with two attached hydrogens (primary N) is 2. The third-order valence-electron chi connectivity index (χ3n) is 11.0. The molecule has 0 aliphatic heterocycles. The van der Waals surface area contributed by atoms with Crippen LogP contribution >= 0.6 is 0 Å². The Morgan fingerprint density at radius 2 is 0.882 bits per heavy atom. The summed E-state index contributed by atoms with van der Waals surface area (Å²) in [6.45, 7) is 9.43. The second-order valence-electron chi connectivity index (χ2n) is 16.2. The predicted molar refractivity (Wildman–Crippen MR) is 224 cm³/mol. The highest BCUT2D eigenvalue weighted by molar-refractivity contribution is 5.81. The molecule has 6 heteroatoms. The van der Waals surface area contributed by atoms with Gasteiger partial charge in [-0.1, -0.05) is 174 Å². The molecule has 0 aliphatic carbocycles. The van der Waals surface area contributed by atoms with E-state index in [0.717, 1.165) is 36.8 Å². The van der Waals surface area contributed by atoms with Gasteiger partial charge >= 0.3 is 0 Å². The molecule has 51 heavy (non-hydrogen) atoms. The van der Waals surface area contributed by atoms with Crippen LogP contribution < -0.4 is 29.2 Å². The molecule has 0 saturated heterocycles. The van der Waals surface area contributed by atoms with Crippen LogP contribution in [0.5, 0.6) is 0 Å². The normalized spacial score (nSPS) is 13.4. The number of quaternary nitrogens is 1. The zero-order chi connectivity index (χ0) is 36.6. The molecule has 0 aromatic carbocycles. The van der Waals surface area contributed by atoms with E-state index in [4.69, 9.17) is 11.5 Å². The minimum absolute atomic E-state index is 0. The molecule has 306 valence electrons. The number of amides is 1. The number of unbranched alkanes of at least 4 members (excludes halogenated alkanes) is 28. The van der Waals surface area contributed by atoms with Gasteiger partial charge in [-0.15, -0.1) is 0 Å². The number of hydrogen-bond donors (Lipinski definition) is 3. The largest absolute Gasteiger partial charge is 1.00 e. The number of carbonyl (C=O) groups excluding carboxylic acids is 1. The lowest BCUT2D eigenvalue weighted by atomic mass is 10.0. The van der Waals surface area contributed by atoms with Crippen LogP contribution in [-0.4, -0.2) is 56.2 Å². The van der Waals surface area contributed by atoms with E-state index in [1.807, 2.05) is 0 Å². The summed E-state index contributed by atoms with van der Waals surface area (Å²) in [5.41, 5.74) is 11.8. The molecule has 0 bridgehead atoms. The Hall–Kier alpha value is -0.620. The van der Waals surface area contributed by atoms with Crippen LogP contribution in [0.4, 0.5) is 0 Å². The van der Waals surface area contributed by atoms with E-state index in [0.29, 0.717) is 6.54 Å². The number of allylic oxidation sites excluding steroid dienone is 2. The smallest absolute Gasteiger partial charge is 0.237 e. The number of likely N-dealkylation sites (N-methyl/N-ethyl adjacent to an activating group) is 1. The molecule has 0 aliphatic rings. The quantitative estimate of drug-likeness (QED) is 0.0332. The van der Waals surface area contributed by atoms with E-state index in [1.54, 1.807) is 0 Å². The van der Waals surface area contributed by atoms with Gasteiger partial charge in [-0.2, -0.15) is 0 Å². The Balaban J connectivity index is 0. The van der Waals surface area contributed by atoms with Gasteiger partial charge in [-0.25, -0.2) is 0 Å². The van der Waals surface area contributed by atoms with Crippen LogP contribution in [-0.2, 0) is 4.79 Å². The van der Waals surface area contributed by atoms with E-state index in [9.17, 15) is 4.79 Å². The molecule has 0 rings (SSSR count). The maximum atomic E-state index is 12.6. The maximum Gasteiger partial charge on any atom is 0.237 e. The first-order chi connectivity index (χ1) is 24.5. The van der Waals surface area contributed by atoms with Crippen molar-refractivity contribution in [3.8, 4) is 0 Å². The number of rotatable bonds is 41. The number of carbonyl (C=O) groups is 1. The lowest BCUT2D eigenvalue weighted by Crippen LogP contribution is -3.00. The molecule has 1 unspecified atom stereocenters. The minimum atomic E-state index is -0.406. The highest BCUT2D eigenvalue weighted by Crippen LogP contribution is 2.16. The summed E-state index contributed by atoms with van der Waals surface area (Å²) < 4.78 is 1.07. The first-order valence-corrected chi connectivity index (χ1v) is 22.7. The van der Waals surface area contributed by atoms with Crippen LogP contribution in [0.25, 0.3) is 0 Å². The van der Waals surface area contributed by atoms with Crippen LogP contribution in [0.2, 0.25) is 0 Å². The van der Waals surface area contributed by atoms with Crippen molar-refractivity contribution in [2.45, 2.75) is 232 Å². The van der Waals surface area contributed by atoms with E-state index < -0.39 is 6.04 Å². The molecule has 0 radical (unpaired) electrons. The van der Waals surface area contributed by atoms with Crippen molar-refractivity contribution < 1.29 is 21.7 Å². The Bertz CT molecular complexity index is 720. The molecule has 2 atom stereocenters. The maximum absolute atomic E-state index is 12.6. The van der Waals surface area contributed by atoms with Gasteiger partial charge in [0.05, 0.1) is 39.3 Å². The van der Waals surface area contributed by atoms with Crippen LogP contribution in [0, 0.1) is 0 Å². The summed E-state index contributed by atoms with van der Waals surface area (Å²) in [5, 5.41) is 3.16. The fourth-order valence-electron chi connectivity index (χ4n) is 7.34. The van der Waals surface area contributed by atoms with Gasteiger partial charge in [0.25, 0.3) is 0 Å². The lowest BCUT2D eigenvalue weighted by Gasteiger charge is -2.35. The summed E-state index contributed by atoms with van der Waals surface area (Å²) >= 11 is 0. The van der Waals surface area contributed by atoms with Crippen LogP contribution in [0.1, 0.15) is 226 Å². The Kier molecular flexibility index (Phi) is 43.4. The monoisotopic (exact) mass is 741 g/mol. The van der Waals surface area contributed by atoms with Gasteiger partial charge in [0.2, 0.25) is 5.91 Å². The number of nitrogens with zero attached hydrogens (tertiary/aromatic N) is 1. The molecule has 5 nitrogen and oxygen atoms in total. The summed E-state index contributed by atoms with van der Waals surface area (Å²) in [4.78, 5) is 12.6. The Labute approximate surface area is 327 Å². The molecule has 1 amide bonds. The van der Waals surface area contributed by atoms with Crippen LogP contribution in [0.15, 0.2) is 12.2 Å². The number of nitrogens with one attached hydrogen (secondary N) is 1. The molecule has 0 aromatic heterocycles. The summed E-state index contributed by atoms with van der Waals surface area (Å²) in [6.07, 6.45) is 49.0. The lowest BCUT2D eigenvalue weighted by molar-refractivity contribution is -0.908. The molecule has 0 saturated carbocycles. The minimum Gasteiger partial charge on any atom is -1.00 e. The second-order valence-corrected chi connectivity index (χ2v) is 16.2. The number of hydrogen-bond acceptors (Lipinski definition) is 3. The van der Waals surface area contributed by atoms with E-state index in [1.165, 1.54) is 206 Å². The van der Waals surface area contributed by atoms with Gasteiger partial charge in [0, 0.05) is 0 Å². The van der Waals surface area contributed by atoms with Crippen molar-refractivity contribution >= 4 is 5.91 Å². The molecule has 0 spiro atoms. The highest BCUT2D eigenvalue weighted by Gasteiger charge is 2.22. The molecule has 0 heterocycles. The van der Waals surface area contributed by atoms with Crippen molar-refractivity contribution in [1.82, 2.24) is 5.32 Å². The second kappa shape index (κ2) is 42.1. The zero-order valence-electron chi connectivity index (χ0n) is 35.0. The average Bonchev–Trinajstić information content (AvgIpc) is 3.11. The Morgan fingerprint density at radius 3 is 1.25 bits per heavy atom. The van der Waals surface area contributed by atoms with E-state index in [2.05, 4.69) is 38.4 Å². The predicted octanol–water partition coefficient (Wildman–Crippen LogP) is 9.31. The summed E-state index contributed by atoms with van der Waals surface area (Å²) in [6, 6.07) is -0.406. The van der Waals surface area contributed by atoms with Crippen molar-refractivity contribution in [3.05, 3.63) is 12.2 Å². The van der Waals surface area contributed by atoms with Gasteiger partial charge in [-0.3, -0.25) is 4.79 Å². The van der Waals surface area contributed by atoms with Gasteiger partial charge in [0.1, 0.15) is 0 Å². The molecular weight excluding hydrogens is 648 g/mol. The van der Waals surface area contributed by atoms with Crippen molar-refractivity contribution in [2.75, 3.05) is 39.8 Å². The molecule has 5 N–H and O–H groups in total. The average molecular weight is 742 g/mol. The Morgan fingerprint density at radius 1 is 0.529 bits per heavy atom. The third kappa shape index (κ3) is 38.9. The third-order valence-corrected chi connectivity index (χ3v) is 11.0.